The van der Waals surface area contributed by atoms with E-state index in [1.165, 1.54) is 11.3 Å². The minimum Gasteiger partial charge on any atom is -0.494 e. The summed E-state index contributed by atoms with van der Waals surface area (Å²) in [6, 6.07) is 6.28. The number of hydrogen-bond donors (Lipinski definition) is 1. The van der Waals surface area contributed by atoms with E-state index in [0.717, 1.165) is 18.8 Å². The van der Waals surface area contributed by atoms with Crippen LogP contribution in [0.5, 0.6) is 5.75 Å². The van der Waals surface area contributed by atoms with Gasteiger partial charge in [-0.05, 0) is 45.2 Å². The van der Waals surface area contributed by atoms with Gasteiger partial charge in [0.05, 0.1) is 6.61 Å². The van der Waals surface area contributed by atoms with Crippen LogP contribution in [0.25, 0.3) is 0 Å². The second kappa shape index (κ2) is 4.00. The summed E-state index contributed by atoms with van der Waals surface area (Å²) >= 11 is 0. The molecule has 1 heterocycles. The SMILES string of the molecule is CCOc1cccc2c1[C@H](C)CC(C)(C)N2. The first-order chi connectivity index (χ1) is 7.53. The first kappa shape index (κ1) is 11.3. The van der Waals surface area contributed by atoms with Crippen LogP contribution in [0.2, 0.25) is 0 Å². The predicted octanol–water partition coefficient (Wildman–Crippen LogP) is 3.78. The number of rotatable bonds is 2. The summed E-state index contributed by atoms with van der Waals surface area (Å²) in [5.74, 6) is 1.59. The van der Waals surface area contributed by atoms with Crippen LogP contribution >= 0.6 is 0 Å². The summed E-state index contributed by atoms with van der Waals surface area (Å²) in [4.78, 5) is 0. The Morgan fingerprint density at radius 1 is 1.44 bits per heavy atom. The molecule has 0 saturated carbocycles. The summed E-state index contributed by atoms with van der Waals surface area (Å²) < 4.78 is 5.70. The molecule has 2 nitrogen and oxygen atoms in total. The van der Waals surface area contributed by atoms with Crippen molar-refractivity contribution >= 4 is 5.69 Å². The molecule has 1 atom stereocenters. The van der Waals surface area contributed by atoms with Crippen LogP contribution in [-0.2, 0) is 0 Å². The van der Waals surface area contributed by atoms with Gasteiger partial charge in [0, 0.05) is 16.8 Å². The Hall–Kier alpha value is -1.18. The highest BCUT2D eigenvalue weighted by molar-refractivity contribution is 5.62. The van der Waals surface area contributed by atoms with E-state index in [1.54, 1.807) is 0 Å². The van der Waals surface area contributed by atoms with Crippen molar-refractivity contribution in [1.29, 1.82) is 0 Å². The molecule has 0 spiro atoms. The summed E-state index contributed by atoms with van der Waals surface area (Å²) in [6.45, 7) is 9.54. The van der Waals surface area contributed by atoms with Crippen LogP contribution in [0.4, 0.5) is 5.69 Å². The van der Waals surface area contributed by atoms with E-state index in [1.807, 2.05) is 6.92 Å². The lowest BCUT2D eigenvalue weighted by Gasteiger charge is -2.38. The van der Waals surface area contributed by atoms with Crippen molar-refractivity contribution in [1.82, 2.24) is 0 Å². The van der Waals surface area contributed by atoms with Gasteiger partial charge < -0.3 is 10.1 Å². The van der Waals surface area contributed by atoms with E-state index in [2.05, 4.69) is 44.3 Å². The first-order valence-corrected chi connectivity index (χ1v) is 6.07. The maximum atomic E-state index is 5.70. The summed E-state index contributed by atoms with van der Waals surface area (Å²) in [5.41, 5.74) is 2.75. The van der Waals surface area contributed by atoms with E-state index in [4.69, 9.17) is 4.74 Å². The lowest BCUT2D eigenvalue weighted by Crippen LogP contribution is -2.36. The lowest BCUT2D eigenvalue weighted by molar-refractivity contribution is 0.329. The third-order valence-corrected chi connectivity index (χ3v) is 3.15. The zero-order valence-corrected chi connectivity index (χ0v) is 10.6. The lowest BCUT2D eigenvalue weighted by atomic mass is 9.81. The van der Waals surface area contributed by atoms with Gasteiger partial charge in [0.1, 0.15) is 5.75 Å². The molecule has 2 heteroatoms. The topological polar surface area (TPSA) is 21.3 Å². The molecule has 16 heavy (non-hydrogen) atoms. The molecular formula is C14H21NO. The molecule has 1 aromatic rings. The molecule has 0 amide bonds. The van der Waals surface area contributed by atoms with E-state index in [-0.39, 0.29) is 5.54 Å². The highest BCUT2D eigenvalue weighted by Crippen LogP contribution is 2.43. The van der Waals surface area contributed by atoms with Crippen LogP contribution in [0, 0.1) is 0 Å². The molecule has 88 valence electrons. The van der Waals surface area contributed by atoms with Crippen molar-refractivity contribution in [3.05, 3.63) is 23.8 Å². The van der Waals surface area contributed by atoms with E-state index in [9.17, 15) is 0 Å². The smallest absolute Gasteiger partial charge is 0.124 e. The van der Waals surface area contributed by atoms with Crippen LogP contribution in [0.3, 0.4) is 0 Å². The summed E-state index contributed by atoms with van der Waals surface area (Å²) in [7, 11) is 0. The van der Waals surface area contributed by atoms with E-state index >= 15 is 0 Å². The van der Waals surface area contributed by atoms with Gasteiger partial charge in [-0.2, -0.15) is 0 Å². The molecule has 0 unspecified atom stereocenters. The van der Waals surface area contributed by atoms with Crippen molar-refractivity contribution in [2.45, 2.75) is 45.6 Å². The second-order valence-corrected chi connectivity index (χ2v) is 5.26. The van der Waals surface area contributed by atoms with E-state index < -0.39 is 0 Å². The Kier molecular flexibility index (Phi) is 2.83. The Balaban J connectivity index is 2.43. The third kappa shape index (κ3) is 2.01. The molecule has 1 aliphatic heterocycles. The van der Waals surface area contributed by atoms with Gasteiger partial charge >= 0.3 is 0 Å². The molecule has 1 aromatic carbocycles. The number of anilines is 1. The maximum Gasteiger partial charge on any atom is 0.124 e. The van der Waals surface area contributed by atoms with Crippen LogP contribution in [0.1, 0.15) is 45.6 Å². The van der Waals surface area contributed by atoms with Crippen molar-refractivity contribution in [3.63, 3.8) is 0 Å². The van der Waals surface area contributed by atoms with Crippen molar-refractivity contribution in [3.8, 4) is 5.75 Å². The highest BCUT2D eigenvalue weighted by Gasteiger charge is 2.31. The zero-order chi connectivity index (χ0) is 11.8. The monoisotopic (exact) mass is 219 g/mol. The molecule has 0 radical (unpaired) electrons. The fraction of sp³-hybridized carbons (Fsp3) is 0.571. The molecule has 1 aliphatic rings. The van der Waals surface area contributed by atoms with Gasteiger partial charge in [-0.1, -0.05) is 13.0 Å². The van der Waals surface area contributed by atoms with Gasteiger partial charge in [-0.15, -0.1) is 0 Å². The van der Waals surface area contributed by atoms with Gasteiger partial charge in [0.25, 0.3) is 0 Å². The van der Waals surface area contributed by atoms with Crippen LogP contribution < -0.4 is 10.1 Å². The Morgan fingerprint density at radius 3 is 2.88 bits per heavy atom. The maximum absolute atomic E-state index is 5.70. The van der Waals surface area contributed by atoms with E-state index in [0.29, 0.717) is 5.92 Å². The molecule has 1 N–H and O–H groups in total. The van der Waals surface area contributed by atoms with Gasteiger partial charge in [0.2, 0.25) is 0 Å². The number of fused-ring (bicyclic) bond motifs is 1. The molecule has 0 saturated heterocycles. The molecular weight excluding hydrogens is 198 g/mol. The average Bonchev–Trinajstić information content (AvgIpc) is 2.15. The Bertz CT molecular complexity index is 384. The van der Waals surface area contributed by atoms with Gasteiger partial charge in [0.15, 0.2) is 0 Å². The number of nitrogens with one attached hydrogen (secondary N) is 1. The van der Waals surface area contributed by atoms with Crippen molar-refractivity contribution in [2.75, 3.05) is 11.9 Å². The minimum absolute atomic E-state index is 0.178. The standard InChI is InChI=1S/C14H21NO/c1-5-16-12-8-6-7-11-13(12)10(2)9-14(3,4)15-11/h6-8,10,15H,5,9H2,1-4H3/t10-/m1/s1. The zero-order valence-electron chi connectivity index (χ0n) is 10.6. The Labute approximate surface area is 98.0 Å². The molecule has 2 rings (SSSR count). The van der Waals surface area contributed by atoms with Gasteiger partial charge in [-0.3, -0.25) is 0 Å². The van der Waals surface area contributed by atoms with Crippen LogP contribution in [-0.4, -0.2) is 12.1 Å². The predicted molar refractivity (Wildman–Crippen MR) is 68.3 cm³/mol. The van der Waals surface area contributed by atoms with Gasteiger partial charge in [-0.25, -0.2) is 0 Å². The fourth-order valence-corrected chi connectivity index (χ4v) is 2.73. The Morgan fingerprint density at radius 2 is 2.19 bits per heavy atom. The third-order valence-electron chi connectivity index (χ3n) is 3.15. The average molecular weight is 219 g/mol. The largest absolute Gasteiger partial charge is 0.494 e. The van der Waals surface area contributed by atoms with Crippen LogP contribution in [0.15, 0.2) is 18.2 Å². The number of benzene rings is 1. The minimum atomic E-state index is 0.178. The molecule has 0 aromatic heterocycles. The number of ether oxygens (including phenoxy) is 1. The summed E-state index contributed by atoms with van der Waals surface area (Å²) in [6.07, 6.45) is 1.14. The first-order valence-electron chi connectivity index (χ1n) is 6.07. The molecule has 0 aliphatic carbocycles. The van der Waals surface area contributed by atoms with Crippen molar-refractivity contribution < 1.29 is 4.74 Å². The number of hydrogen-bond acceptors (Lipinski definition) is 2. The fourth-order valence-electron chi connectivity index (χ4n) is 2.73. The second-order valence-electron chi connectivity index (χ2n) is 5.26. The normalized spacial score (nSPS) is 22.1. The molecule has 0 fully saturated rings. The highest BCUT2D eigenvalue weighted by atomic mass is 16.5. The molecule has 0 bridgehead atoms. The van der Waals surface area contributed by atoms with Crippen molar-refractivity contribution in [2.24, 2.45) is 0 Å². The quantitative estimate of drug-likeness (QED) is 0.817. The summed E-state index contributed by atoms with van der Waals surface area (Å²) in [5, 5.41) is 3.59.